The Labute approximate surface area is 211 Å². The van der Waals surface area contributed by atoms with E-state index >= 15 is 0 Å². The monoisotopic (exact) mass is 513 g/mol. The fraction of sp³-hybridized carbons (Fsp3) is 0.160. The molecule has 0 unspecified atom stereocenters. The largest absolute Gasteiger partial charge is 0.505 e. The number of carbonyl (C=O) groups is 3. The number of hydrogen-bond acceptors (Lipinski definition) is 5. The van der Waals surface area contributed by atoms with E-state index in [1.807, 2.05) is 0 Å². The first-order chi connectivity index (χ1) is 16.8. The fourth-order valence-electron chi connectivity index (χ4n) is 3.56. The molecule has 0 saturated carbocycles. The van der Waals surface area contributed by atoms with Crippen molar-refractivity contribution in [1.82, 2.24) is 4.90 Å². The van der Waals surface area contributed by atoms with Gasteiger partial charge in [-0.2, -0.15) is 0 Å². The molecule has 3 amide bonds. The van der Waals surface area contributed by atoms with Crippen molar-refractivity contribution < 1.29 is 24.2 Å². The van der Waals surface area contributed by atoms with Gasteiger partial charge in [-0.25, -0.2) is 0 Å². The highest BCUT2D eigenvalue weighted by atomic mass is 35.5. The quantitative estimate of drug-likeness (QED) is 0.339. The van der Waals surface area contributed by atoms with Gasteiger partial charge in [0.2, 0.25) is 0 Å². The summed E-state index contributed by atoms with van der Waals surface area (Å²) in [6.45, 7) is 1.44. The number of benzene rings is 3. The maximum Gasteiger partial charge on any atom is 0.257 e. The van der Waals surface area contributed by atoms with Crippen LogP contribution >= 0.6 is 23.2 Å². The minimum absolute atomic E-state index is 0.0662. The zero-order valence-corrected chi connectivity index (χ0v) is 19.9. The number of rotatable bonds is 5. The summed E-state index contributed by atoms with van der Waals surface area (Å²) in [4.78, 5) is 40.3. The van der Waals surface area contributed by atoms with Crippen LogP contribution in [0.15, 0.2) is 60.7 Å². The molecule has 0 atom stereocenters. The molecule has 180 valence electrons. The van der Waals surface area contributed by atoms with Crippen LogP contribution in [0.4, 0.5) is 11.4 Å². The Bertz CT molecular complexity index is 1280. The lowest BCUT2D eigenvalue weighted by Gasteiger charge is -2.27. The average Bonchev–Trinajstić information content (AvgIpc) is 2.86. The fourth-order valence-corrected chi connectivity index (χ4v) is 4.05. The number of phenolic OH excluding ortho intramolecular Hbond substituents is 1. The van der Waals surface area contributed by atoms with E-state index in [9.17, 15) is 19.5 Å². The molecule has 10 heteroatoms. The third kappa shape index (κ3) is 5.74. The number of morpholine rings is 1. The van der Waals surface area contributed by atoms with Crippen LogP contribution in [-0.4, -0.2) is 54.0 Å². The van der Waals surface area contributed by atoms with Crippen molar-refractivity contribution in [3.05, 3.63) is 87.4 Å². The molecule has 1 aliphatic rings. The third-order valence-electron chi connectivity index (χ3n) is 5.36. The van der Waals surface area contributed by atoms with Gasteiger partial charge in [0.15, 0.2) is 5.75 Å². The molecule has 0 radical (unpaired) electrons. The normalized spacial score (nSPS) is 13.3. The predicted molar refractivity (Wildman–Crippen MR) is 134 cm³/mol. The molecule has 0 spiro atoms. The Morgan fingerprint density at radius 1 is 0.857 bits per heavy atom. The molecule has 0 bridgehead atoms. The van der Waals surface area contributed by atoms with Crippen molar-refractivity contribution in [2.24, 2.45) is 0 Å². The SMILES string of the molecule is O=C(Nc1cc(NC(=O)c2ccc(Cl)cc2Cl)c(O)c(C(=O)N2CCOCC2)c1)c1ccccc1. The molecule has 0 aliphatic carbocycles. The number of nitrogens with zero attached hydrogens (tertiary/aromatic N) is 1. The summed E-state index contributed by atoms with van der Waals surface area (Å²) in [5.74, 6) is -1.93. The molecule has 0 aromatic heterocycles. The zero-order chi connectivity index (χ0) is 24.9. The van der Waals surface area contributed by atoms with E-state index in [0.29, 0.717) is 36.9 Å². The van der Waals surface area contributed by atoms with E-state index in [1.54, 1.807) is 30.3 Å². The van der Waals surface area contributed by atoms with Gasteiger partial charge in [0.1, 0.15) is 0 Å². The summed E-state index contributed by atoms with van der Waals surface area (Å²) in [7, 11) is 0. The van der Waals surface area contributed by atoms with Crippen molar-refractivity contribution in [3.63, 3.8) is 0 Å². The average molecular weight is 514 g/mol. The van der Waals surface area contributed by atoms with Gasteiger partial charge in [0.25, 0.3) is 17.7 Å². The summed E-state index contributed by atoms with van der Waals surface area (Å²) < 4.78 is 5.29. The van der Waals surface area contributed by atoms with E-state index < -0.39 is 23.5 Å². The summed E-state index contributed by atoms with van der Waals surface area (Å²) >= 11 is 12.1. The second-order valence-electron chi connectivity index (χ2n) is 7.72. The van der Waals surface area contributed by atoms with Gasteiger partial charge in [-0.3, -0.25) is 14.4 Å². The Morgan fingerprint density at radius 2 is 1.57 bits per heavy atom. The third-order valence-corrected chi connectivity index (χ3v) is 5.90. The lowest BCUT2D eigenvalue weighted by molar-refractivity contribution is 0.0301. The minimum atomic E-state index is -0.627. The Balaban J connectivity index is 1.69. The number of hydrogen-bond donors (Lipinski definition) is 3. The van der Waals surface area contributed by atoms with Crippen LogP contribution in [0.25, 0.3) is 0 Å². The van der Waals surface area contributed by atoms with Gasteiger partial charge < -0.3 is 25.4 Å². The van der Waals surface area contributed by atoms with Crippen LogP contribution in [-0.2, 0) is 4.74 Å². The molecule has 8 nitrogen and oxygen atoms in total. The number of aromatic hydroxyl groups is 1. The molecule has 4 rings (SSSR count). The number of amides is 3. The summed E-state index contributed by atoms with van der Waals surface area (Å²) in [5, 5.41) is 16.7. The maximum atomic E-state index is 13.2. The summed E-state index contributed by atoms with van der Waals surface area (Å²) in [6, 6.07) is 15.6. The number of halogens is 2. The Morgan fingerprint density at radius 3 is 2.26 bits per heavy atom. The van der Waals surface area contributed by atoms with Crippen molar-refractivity contribution in [2.45, 2.75) is 0 Å². The first-order valence-electron chi connectivity index (χ1n) is 10.7. The molecule has 1 heterocycles. The summed E-state index contributed by atoms with van der Waals surface area (Å²) in [6.07, 6.45) is 0. The number of carbonyl (C=O) groups excluding carboxylic acids is 3. The first-order valence-corrected chi connectivity index (χ1v) is 11.5. The predicted octanol–water partition coefficient (Wildman–Crippen LogP) is 4.68. The van der Waals surface area contributed by atoms with Crippen molar-refractivity contribution >= 4 is 52.3 Å². The van der Waals surface area contributed by atoms with Gasteiger partial charge in [-0.1, -0.05) is 41.4 Å². The number of nitrogens with one attached hydrogen (secondary N) is 2. The molecule has 3 aromatic rings. The minimum Gasteiger partial charge on any atom is -0.505 e. The topological polar surface area (TPSA) is 108 Å². The summed E-state index contributed by atoms with van der Waals surface area (Å²) in [5.41, 5.74) is 0.597. The van der Waals surface area contributed by atoms with Crippen LogP contribution in [0.1, 0.15) is 31.1 Å². The second-order valence-corrected chi connectivity index (χ2v) is 8.57. The Hall–Kier alpha value is -3.59. The smallest absolute Gasteiger partial charge is 0.257 e. The van der Waals surface area contributed by atoms with Gasteiger partial charge in [-0.05, 0) is 42.5 Å². The van der Waals surface area contributed by atoms with E-state index in [0.717, 1.165) is 0 Å². The van der Waals surface area contributed by atoms with E-state index in [2.05, 4.69) is 10.6 Å². The lowest BCUT2D eigenvalue weighted by Crippen LogP contribution is -2.40. The molecular weight excluding hydrogens is 493 g/mol. The number of phenols is 1. The van der Waals surface area contributed by atoms with Gasteiger partial charge in [0, 0.05) is 29.4 Å². The number of anilines is 2. The van der Waals surface area contributed by atoms with Crippen molar-refractivity contribution in [2.75, 3.05) is 36.9 Å². The molecule has 3 N–H and O–H groups in total. The van der Waals surface area contributed by atoms with Gasteiger partial charge >= 0.3 is 0 Å². The van der Waals surface area contributed by atoms with E-state index in [-0.39, 0.29) is 27.5 Å². The van der Waals surface area contributed by atoms with Crippen LogP contribution in [0.5, 0.6) is 5.75 Å². The van der Waals surface area contributed by atoms with Crippen LogP contribution in [0.2, 0.25) is 10.0 Å². The highest BCUT2D eigenvalue weighted by Crippen LogP contribution is 2.34. The second kappa shape index (κ2) is 10.8. The molecule has 1 saturated heterocycles. The van der Waals surface area contributed by atoms with Crippen molar-refractivity contribution in [1.29, 1.82) is 0 Å². The van der Waals surface area contributed by atoms with Crippen molar-refractivity contribution in [3.8, 4) is 5.75 Å². The van der Waals surface area contributed by atoms with Crippen LogP contribution < -0.4 is 10.6 Å². The van der Waals surface area contributed by atoms with Crippen LogP contribution in [0, 0.1) is 0 Å². The Kier molecular flexibility index (Phi) is 7.55. The highest BCUT2D eigenvalue weighted by Gasteiger charge is 2.25. The molecular formula is C25H21Cl2N3O5. The first kappa shape index (κ1) is 24.5. The molecule has 35 heavy (non-hydrogen) atoms. The molecule has 3 aromatic carbocycles. The van der Waals surface area contributed by atoms with E-state index in [1.165, 1.54) is 35.2 Å². The zero-order valence-electron chi connectivity index (χ0n) is 18.4. The van der Waals surface area contributed by atoms with Gasteiger partial charge in [0.05, 0.1) is 35.1 Å². The van der Waals surface area contributed by atoms with Gasteiger partial charge in [-0.15, -0.1) is 0 Å². The standard InChI is InChI=1S/C25H21Cl2N3O5/c26-16-6-7-18(20(27)12-16)24(33)29-21-14-17(28-23(32)15-4-2-1-3-5-15)13-19(22(21)31)25(34)30-8-10-35-11-9-30/h1-7,12-14,31H,8-11H2,(H,28,32)(H,29,33). The number of ether oxygens (including phenoxy) is 1. The van der Waals surface area contributed by atoms with Crippen LogP contribution in [0.3, 0.4) is 0 Å². The molecule has 1 aliphatic heterocycles. The van der Waals surface area contributed by atoms with E-state index in [4.69, 9.17) is 27.9 Å². The maximum absolute atomic E-state index is 13.2. The lowest BCUT2D eigenvalue weighted by atomic mass is 10.1. The highest BCUT2D eigenvalue weighted by molar-refractivity contribution is 6.37. The molecule has 1 fully saturated rings.